The van der Waals surface area contributed by atoms with E-state index in [1.807, 2.05) is 25.1 Å². The van der Waals surface area contributed by atoms with Gasteiger partial charge < -0.3 is 20.5 Å². The first-order valence-corrected chi connectivity index (χ1v) is 9.64. The van der Waals surface area contributed by atoms with Gasteiger partial charge in [0.15, 0.2) is 6.10 Å². The minimum absolute atomic E-state index is 0.129. The summed E-state index contributed by atoms with van der Waals surface area (Å²) in [5.41, 5.74) is 3.36. The van der Waals surface area contributed by atoms with E-state index in [1.165, 1.54) is 6.07 Å². The molecule has 0 saturated heterocycles. The van der Waals surface area contributed by atoms with E-state index < -0.39 is 6.10 Å². The zero-order valence-electron chi connectivity index (χ0n) is 15.8. The van der Waals surface area contributed by atoms with Gasteiger partial charge in [0.2, 0.25) is 0 Å². The van der Waals surface area contributed by atoms with Crippen LogP contribution in [0.3, 0.4) is 0 Å². The highest BCUT2D eigenvalue weighted by Crippen LogP contribution is 2.40. The zero-order chi connectivity index (χ0) is 19.7. The van der Waals surface area contributed by atoms with E-state index in [9.17, 15) is 15.2 Å². The van der Waals surface area contributed by atoms with E-state index in [1.54, 1.807) is 6.07 Å². The lowest BCUT2D eigenvalue weighted by atomic mass is 9.94. The van der Waals surface area contributed by atoms with Crippen molar-refractivity contribution in [3.8, 4) is 17.6 Å². The standard InChI is InChI=1S/C22H23N3O3/c1-13-6-7-17-20(8-13)28-21(12-24-17)22(27)25-18-10-19(26)16(9-15(18)11-23)14-4-2-3-5-14/h6-10,14,21,24,26H,2-5,12H2,1H3,(H,25,27). The van der Waals surface area contributed by atoms with Crippen molar-refractivity contribution in [1.29, 1.82) is 5.26 Å². The van der Waals surface area contributed by atoms with Crippen molar-refractivity contribution in [3.63, 3.8) is 0 Å². The van der Waals surface area contributed by atoms with Crippen molar-refractivity contribution in [3.05, 3.63) is 47.0 Å². The number of hydrogen-bond acceptors (Lipinski definition) is 5. The average Bonchev–Trinajstić information content (AvgIpc) is 3.22. The van der Waals surface area contributed by atoms with Crippen molar-refractivity contribution < 1.29 is 14.6 Å². The minimum atomic E-state index is -0.725. The first-order valence-electron chi connectivity index (χ1n) is 9.64. The predicted octanol–water partition coefficient (Wildman–Crippen LogP) is 4.04. The van der Waals surface area contributed by atoms with Gasteiger partial charge in [0.25, 0.3) is 5.91 Å². The maximum Gasteiger partial charge on any atom is 0.267 e. The van der Waals surface area contributed by atoms with Crippen LogP contribution in [-0.2, 0) is 4.79 Å². The van der Waals surface area contributed by atoms with Gasteiger partial charge in [-0.2, -0.15) is 5.26 Å². The normalized spacial score (nSPS) is 18.5. The van der Waals surface area contributed by atoms with Crippen LogP contribution in [0.15, 0.2) is 30.3 Å². The molecule has 1 unspecified atom stereocenters. The van der Waals surface area contributed by atoms with Crippen LogP contribution in [0, 0.1) is 18.3 Å². The number of rotatable bonds is 3. The Kier molecular flexibility index (Phi) is 4.82. The summed E-state index contributed by atoms with van der Waals surface area (Å²) >= 11 is 0. The number of nitrogens with zero attached hydrogens (tertiary/aromatic N) is 1. The number of nitriles is 1. The predicted molar refractivity (Wildman–Crippen MR) is 107 cm³/mol. The largest absolute Gasteiger partial charge is 0.508 e. The number of ether oxygens (including phenoxy) is 1. The SMILES string of the molecule is Cc1ccc2c(c1)OC(C(=O)Nc1cc(O)c(C3CCCC3)cc1C#N)CN2. The third-order valence-corrected chi connectivity index (χ3v) is 5.52. The van der Waals surface area contributed by atoms with Crippen LogP contribution in [-0.4, -0.2) is 23.7 Å². The van der Waals surface area contributed by atoms with Crippen molar-refractivity contribution in [1.82, 2.24) is 0 Å². The molecule has 2 aromatic rings. The molecule has 0 bridgehead atoms. The van der Waals surface area contributed by atoms with Gasteiger partial charge in [0.1, 0.15) is 17.6 Å². The maximum absolute atomic E-state index is 12.7. The summed E-state index contributed by atoms with van der Waals surface area (Å²) in [4.78, 5) is 12.7. The molecule has 6 heteroatoms. The quantitative estimate of drug-likeness (QED) is 0.750. The second-order valence-electron chi connectivity index (χ2n) is 7.53. The third kappa shape index (κ3) is 3.48. The van der Waals surface area contributed by atoms with Crippen LogP contribution in [0.5, 0.6) is 11.5 Å². The van der Waals surface area contributed by atoms with Gasteiger partial charge in [-0.05, 0) is 55.0 Å². The second-order valence-corrected chi connectivity index (χ2v) is 7.53. The summed E-state index contributed by atoms with van der Waals surface area (Å²) < 4.78 is 5.84. The Hall–Kier alpha value is -3.20. The van der Waals surface area contributed by atoms with Crippen LogP contribution in [0.4, 0.5) is 11.4 Å². The molecule has 1 saturated carbocycles. The van der Waals surface area contributed by atoms with Crippen LogP contribution in [0.1, 0.15) is 48.3 Å². The van der Waals surface area contributed by atoms with Gasteiger partial charge in [0, 0.05) is 6.07 Å². The molecule has 0 radical (unpaired) electrons. The summed E-state index contributed by atoms with van der Waals surface area (Å²) in [5.74, 6) is 0.683. The van der Waals surface area contributed by atoms with Crippen molar-refractivity contribution >= 4 is 17.3 Å². The van der Waals surface area contributed by atoms with Crippen molar-refractivity contribution in [2.75, 3.05) is 17.2 Å². The number of phenolic OH excluding ortho intramolecular Hbond substituents is 1. The molecule has 0 spiro atoms. The number of carbonyl (C=O) groups is 1. The summed E-state index contributed by atoms with van der Waals surface area (Å²) in [6, 6.07) is 11.1. The number of benzene rings is 2. The molecular formula is C22H23N3O3. The Bertz CT molecular complexity index is 958. The van der Waals surface area contributed by atoms with Crippen molar-refractivity contribution in [2.45, 2.75) is 44.6 Å². The molecule has 1 fully saturated rings. The number of anilines is 2. The first-order chi connectivity index (χ1) is 13.5. The number of aromatic hydroxyl groups is 1. The van der Waals surface area contributed by atoms with E-state index in [-0.39, 0.29) is 17.6 Å². The highest BCUT2D eigenvalue weighted by molar-refractivity contribution is 5.96. The first kappa shape index (κ1) is 18.2. The number of amides is 1. The molecule has 1 aliphatic carbocycles. The highest BCUT2D eigenvalue weighted by Gasteiger charge is 2.27. The third-order valence-electron chi connectivity index (χ3n) is 5.52. The monoisotopic (exact) mass is 377 g/mol. The fraction of sp³-hybridized carbons (Fsp3) is 0.364. The maximum atomic E-state index is 12.7. The topological polar surface area (TPSA) is 94.4 Å². The van der Waals surface area contributed by atoms with Crippen LogP contribution in [0.25, 0.3) is 0 Å². The summed E-state index contributed by atoms with van der Waals surface area (Å²) in [6.07, 6.45) is 3.58. The van der Waals surface area contributed by atoms with E-state index in [2.05, 4.69) is 16.7 Å². The average molecular weight is 377 g/mol. The zero-order valence-corrected chi connectivity index (χ0v) is 15.8. The number of nitrogens with one attached hydrogen (secondary N) is 2. The summed E-state index contributed by atoms with van der Waals surface area (Å²) in [7, 11) is 0. The number of carbonyl (C=O) groups excluding carboxylic acids is 1. The van der Waals surface area contributed by atoms with Gasteiger partial charge in [-0.25, -0.2) is 0 Å². The molecule has 28 heavy (non-hydrogen) atoms. The Labute approximate surface area is 164 Å². The van der Waals surface area contributed by atoms with E-state index in [4.69, 9.17) is 4.74 Å². The second kappa shape index (κ2) is 7.43. The van der Waals surface area contributed by atoms with Gasteiger partial charge in [0.05, 0.1) is 23.5 Å². The van der Waals surface area contributed by atoms with Gasteiger partial charge in [-0.1, -0.05) is 18.9 Å². The Morgan fingerprint density at radius 2 is 2.07 bits per heavy atom. The molecule has 1 amide bonds. The Balaban J connectivity index is 1.53. The van der Waals surface area contributed by atoms with Gasteiger partial charge in [-0.3, -0.25) is 4.79 Å². The molecular weight excluding hydrogens is 354 g/mol. The number of phenols is 1. The number of hydrogen-bond donors (Lipinski definition) is 3. The van der Waals surface area contributed by atoms with Gasteiger partial charge in [-0.15, -0.1) is 0 Å². The van der Waals surface area contributed by atoms with E-state index >= 15 is 0 Å². The number of fused-ring (bicyclic) bond motifs is 1. The molecule has 1 aliphatic heterocycles. The fourth-order valence-corrected chi connectivity index (χ4v) is 3.99. The summed E-state index contributed by atoms with van der Waals surface area (Å²) in [6.45, 7) is 2.29. The molecule has 6 nitrogen and oxygen atoms in total. The minimum Gasteiger partial charge on any atom is -0.508 e. The smallest absolute Gasteiger partial charge is 0.267 e. The van der Waals surface area contributed by atoms with Crippen LogP contribution < -0.4 is 15.4 Å². The lowest BCUT2D eigenvalue weighted by Crippen LogP contribution is -2.41. The molecule has 3 N–H and O–H groups in total. The highest BCUT2D eigenvalue weighted by atomic mass is 16.5. The molecule has 2 aliphatic rings. The molecule has 1 heterocycles. The molecule has 0 aromatic heterocycles. The summed E-state index contributed by atoms with van der Waals surface area (Å²) in [5, 5.41) is 25.9. The van der Waals surface area contributed by atoms with E-state index in [0.29, 0.717) is 23.5 Å². The number of aryl methyl sites for hydroxylation is 1. The van der Waals surface area contributed by atoms with Crippen LogP contribution >= 0.6 is 0 Å². The lowest BCUT2D eigenvalue weighted by molar-refractivity contribution is -0.122. The fourth-order valence-electron chi connectivity index (χ4n) is 3.99. The molecule has 2 aromatic carbocycles. The molecule has 144 valence electrons. The molecule has 1 atom stereocenters. The molecule has 4 rings (SSSR count). The Morgan fingerprint density at radius 3 is 2.82 bits per heavy atom. The Morgan fingerprint density at radius 1 is 1.29 bits per heavy atom. The van der Waals surface area contributed by atoms with E-state index in [0.717, 1.165) is 42.5 Å². The van der Waals surface area contributed by atoms with Crippen molar-refractivity contribution in [2.24, 2.45) is 0 Å². The lowest BCUT2D eigenvalue weighted by Gasteiger charge is -2.27. The van der Waals surface area contributed by atoms with Gasteiger partial charge >= 0.3 is 0 Å². The van der Waals surface area contributed by atoms with Crippen LogP contribution in [0.2, 0.25) is 0 Å².